The lowest BCUT2D eigenvalue weighted by Gasteiger charge is -2.11. The van der Waals surface area contributed by atoms with E-state index in [1.807, 2.05) is 0 Å². The Kier molecular flexibility index (Phi) is 5.53. The Bertz CT molecular complexity index is 1010. The van der Waals surface area contributed by atoms with E-state index in [0.29, 0.717) is 32.6 Å². The molecule has 9 heteroatoms. The number of amides is 1. The molecule has 0 fully saturated rings. The van der Waals surface area contributed by atoms with Gasteiger partial charge in [-0.3, -0.25) is 4.79 Å². The summed E-state index contributed by atoms with van der Waals surface area (Å²) in [5.74, 6) is -0.399. The number of halogens is 2. The van der Waals surface area contributed by atoms with Crippen molar-refractivity contribution in [1.82, 2.24) is 9.61 Å². The third kappa shape index (κ3) is 3.70. The number of rotatable bonds is 5. The Morgan fingerprint density at radius 2 is 1.89 bits per heavy atom. The zero-order valence-corrected chi connectivity index (χ0v) is 16.1. The van der Waals surface area contributed by atoms with E-state index >= 15 is 0 Å². The first kappa shape index (κ1) is 19.0. The van der Waals surface area contributed by atoms with Gasteiger partial charge in [-0.2, -0.15) is 5.10 Å². The number of anilines is 2. The van der Waals surface area contributed by atoms with Crippen LogP contribution in [0.1, 0.15) is 27.8 Å². The number of nitrogens with zero attached hydrogens (tertiary/aromatic N) is 2. The van der Waals surface area contributed by atoms with E-state index < -0.39 is 11.9 Å². The van der Waals surface area contributed by atoms with Crippen molar-refractivity contribution in [3.63, 3.8) is 0 Å². The zero-order valence-electron chi connectivity index (χ0n) is 14.5. The molecule has 0 radical (unpaired) electrons. The summed E-state index contributed by atoms with van der Waals surface area (Å²) in [6.45, 7) is 1.93. The van der Waals surface area contributed by atoms with Crippen molar-refractivity contribution in [2.75, 3.05) is 24.3 Å². The van der Waals surface area contributed by atoms with Gasteiger partial charge in [-0.15, -0.1) is 0 Å². The molecule has 2 heterocycles. The first-order valence-corrected chi connectivity index (χ1v) is 8.84. The molecule has 3 rings (SSSR count). The smallest absolute Gasteiger partial charge is 0.358 e. The van der Waals surface area contributed by atoms with E-state index in [9.17, 15) is 9.59 Å². The highest BCUT2D eigenvalue weighted by molar-refractivity contribution is 6.40. The molecule has 7 nitrogen and oxygen atoms in total. The molecule has 1 aromatic carbocycles. The number of esters is 1. The summed E-state index contributed by atoms with van der Waals surface area (Å²) in [7, 11) is 1.71. The number of benzene rings is 1. The Balaban J connectivity index is 2.05. The van der Waals surface area contributed by atoms with Crippen molar-refractivity contribution in [1.29, 1.82) is 0 Å². The van der Waals surface area contributed by atoms with Crippen molar-refractivity contribution < 1.29 is 14.3 Å². The first-order valence-electron chi connectivity index (χ1n) is 8.09. The maximum Gasteiger partial charge on any atom is 0.358 e. The van der Waals surface area contributed by atoms with Crippen LogP contribution in [0.4, 0.5) is 11.5 Å². The summed E-state index contributed by atoms with van der Waals surface area (Å²) in [4.78, 5) is 24.9. The number of ether oxygens (including phenoxy) is 1. The molecule has 0 unspecified atom stereocenters. The van der Waals surface area contributed by atoms with Crippen LogP contribution in [-0.4, -0.2) is 35.1 Å². The second-order valence-corrected chi connectivity index (χ2v) is 6.29. The predicted molar refractivity (Wildman–Crippen MR) is 105 cm³/mol. The minimum Gasteiger partial charge on any atom is -0.461 e. The van der Waals surface area contributed by atoms with Crippen LogP contribution in [0, 0.1) is 0 Å². The molecule has 1 amide bonds. The van der Waals surface area contributed by atoms with Crippen molar-refractivity contribution in [2.24, 2.45) is 0 Å². The molecule has 0 aliphatic rings. The lowest BCUT2D eigenvalue weighted by atomic mass is 10.2. The van der Waals surface area contributed by atoms with Crippen LogP contribution in [0.3, 0.4) is 0 Å². The molecule has 0 aliphatic carbocycles. The molecular weight excluding hydrogens is 391 g/mol. The quantitative estimate of drug-likeness (QED) is 0.622. The zero-order chi connectivity index (χ0) is 19.6. The number of fused-ring (bicyclic) bond motifs is 1. The normalized spacial score (nSPS) is 10.7. The fraction of sp³-hybridized carbons (Fsp3) is 0.167. The summed E-state index contributed by atoms with van der Waals surface area (Å²) in [6, 6.07) is 9.74. The van der Waals surface area contributed by atoms with Gasteiger partial charge < -0.3 is 15.4 Å². The van der Waals surface area contributed by atoms with Crippen LogP contribution in [0.2, 0.25) is 10.0 Å². The number of carbonyl (C=O) groups is 2. The second kappa shape index (κ2) is 7.85. The van der Waals surface area contributed by atoms with Gasteiger partial charge in [0.15, 0.2) is 5.69 Å². The van der Waals surface area contributed by atoms with Crippen LogP contribution >= 0.6 is 23.2 Å². The van der Waals surface area contributed by atoms with Gasteiger partial charge in [0.25, 0.3) is 5.91 Å². The number of para-hydroxylation sites is 1. The number of aromatic nitrogens is 2. The average Bonchev–Trinajstić information content (AvgIpc) is 3.09. The van der Waals surface area contributed by atoms with Crippen molar-refractivity contribution in [2.45, 2.75) is 6.92 Å². The first-order chi connectivity index (χ1) is 13.0. The SMILES string of the molecule is CCOC(=O)c1cc2c(C(=O)Nc3c(Cl)cccc3Cl)ccc(NC)n2n1. The van der Waals surface area contributed by atoms with E-state index in [0.717, 1.165) is 0 Å². The van der Waals surface area contributed by atoms with E-state index in [1.165, 1.54) is 10.6 Å². The topological polar surface area (TPSA) is 84.7 Å². The van der Waals surface area contributed by atoms with E-state index in [-0.39, 0.29) is 12.3 Å². The van der Waals surface area contributed by atoms with Gasteiger partial charge in [-0.1, -0.05) is 29.3 Å². The molecule has 0 bridgehead atoms. The monoisotopic (exact) mass is 406 g/mol. The molecule has 2 aromatic heterocycles. The van der Waals surface area contributed by atoms with Crippen LogP contribution in [-0.2, 0) is 4.74 Å². The maximum atomic E-state index is 12.8. The standard InChI is InChI=1S/C18H16Cl2N4O3/c1-3-27-18(26)13-9-14-10(7-8-15(21-2)24(14)23-13)17(25)22-16-11(19)5-4-6-12(16)20/h4-9,21H,3H2,1-2H3,(H,22,25). The number of carbonyl (C=O) groups excluding carboxylic acids is 2. The maximum absolute atomic E-state index is 12.8. The molecule has 0 saturated carbocycles. The highest BCUT2D eigenvalue weighted by atomic mass is 35.5. The number of nitrogens with one attached hydrogen (secondary N) is 2. The van der Waals surface area contributed by atoms with Crippen molar-refractivity contribution in [3.8, 4) is 0 Å². The fourth-order valence-electron chi connectivity index (χ4n) is 2.56. The fourth-order valence-corrected chi connectivity index (χ4v) is 3.05. The highest BCUT2D eigenvalue weighted by Gasteiger charge is 2.20. The van der Waals surface area contributed by atoms with Crippen LogP contribution in [0.15, 0.2) is 36.4 Å². The van der Waals surface area contributed by atoms with Gasteiger partial charge >= 0.3 is 5.97 Å². The van der Waals surface area contributed by atoms with Crippen molar-refractivity contribution >= 4 is 52.1 Å². The minimum absolute atomic E-state index is 0.101. The van der Waals surface area contributed by atoms with Gasteiger partial charge in [0.2, 0.25) is 0 Å². The van der Waals surface area contributed by atoms with Gasteiger partial charge in [-0.05, 0) is 37.3 Å². The third-order valence-electron chi connectivity index (χ3n) is 3.81. The van der Waals surface area contributed by atoms with Gasteiger partial charge in [0.05, 0.1) is 33.4 Å². The van der Waals surface area contributed by atoms with E-state index in [4.69, 9.17) is 27.9 Å². The Morgan fingerprint density at radius 1 is 1.19 bits per heavy atom. The number of pyridine rings is 1. The average molecular weight is 407 g/mol. The van der Waals surface area contributed by atoms with Gasteiger partial charge in [0, 0.05) is 7.05 Å². The van der Waals surface area contributed by atoms with Gasteiger partial charge in [-0.25, -0.2) is 9.31 Å². The Morgan fingerprint density at radius 3 is 2.52 bits per heavy atom. The van der Waals surface area contributed by atoms with Gasteiger partial charge in [0.1, 0.15) is 5.82 Å². The van der Waals surface area contributed by atoms with E-state index in [1.54, 1.807) is 44.3 Å². The number of hydrogen-bond acceptors (Lipinski definition) is 5. The summed E-state index contributed by atoms with van der Waals surface area (Å²) >= 11 is 12.2. The summed E-state index contributed by atoms with van der Waals surface area (Å²) in [5.41, 5.74) is 1.15. The second-order valence-electron chi connectivity index (χ2n) is 5.48. The Labute approximate surface area is 165 Å². The molecule has 0 saturated heterocycles. The lowest BCUT2D eigenvalue weighted by molar-refractivity contribution is 0.0519. The van der Waals surface area contributed by atoms with Crippen LogP contribution < -0.4 is 10.6 Å². The molecule has 140 valence electrons. The molecule has 0 aliphatic heterocycles. The minimum atomic E-state index is -0.566. The largest absolute Gasteiger partial charge is 0.461 e. The molecule has 3 aromatic rings. The molecule has 0 spiro atoms. The predicted octanol–water partition coefficient (Wildman–Crippen LogP) is 4.11. The van der Waals surface area contributed by atoms with Crippen molar-refractivity contribution in [3.05, 3.63) is 57.7 Å². The molecule has 2 N–H and O–H groups in total. The van der Waals surface area contributed by atoms with E-state index in [2.05, 4.69) is 15.7 Å². The number of hydrogen-bond donors (Lipinski definition) is 2. The molecular formula is C18H16Cl2N4O3. The lowest BCUT2D eigenvalue weighted by Crippen LogP contribution is -2.14. The summed E-state index contributed by atoms with van der Waals surface area (Å²) in [5, 5.41) is 10.5. The van der Waals surface area contributed by atoms with Crippen LogP contribution in [0.25, 0.3) is 5.52 Å². The summed E-state index contributed by atoms with van der Waals surface area (Å²) < 4.78 is 6.46. The molecule has 0 atom stereocenters. The summed E-state index contributed by atoms with van der Waals surface area (Å²) in [6.07, 6.45) is 0. The van der Waals surface area contributed by atoms with Crippen LogP contribution in [0.5, 0.6) is 0 Å². The third-order valence-corrected chi connectivity index (χ3v) is 4.44. The highest BCUT2D eigenvalue weighted by Crippen LogP contribution is 2.30. The Hall–Kier alpha value is -2.77. The molecule has 27 heavy (non-hydrogen) atoms.